The van der Waals surface area contributed by atoms with Crippen molar-refractivity contribution < 1.29 is 53.9 Å². The van der Waals surface area contributed by atoms with Gasteiger partial charge in [0.05, 0.1) is 23.5 Å². The van der Waals surface area contributed by atoms with Gasteiger partial charge >= 0.3 is 15.6 Å². The predicted octanol–water partition coefficient (Wildman–Crippen LogP) is 8.49. The van der Waals surface area contributed by atoms with Crippen LogP contribution in [0, 0.1) is 16.7 Å². The lowest BCUT2D eigenvalue weighted by molar-refractivity contribution is -0.254. The lowest BCUT2D eigenvalue weighted by atomic mass is 9.49. The van der Waals surface area contributed by atoms with Crippen molar-refractivity contribution in [2.75, 3.05) is 7.11 Å². The molecular weight excluding hydrogens is 706 g/mol. The third kappa shape index (κ3) is 6.58. The summed E-state index contributed by atoms with van der Waals surface area (Å²) in [5.74, 6) is -3.50. The second-order valence-corrected chi connectivity index (χ2v) is 23.4. The van der Waals surface area contributed by atoms with Gasteiger partial charge in [-0.15, -0.1) is 0 Å². The molecule has 51 heavy (non-hydrogen) atoms. The van der Waals surface area contributed by atoms with E-state index in [4.69, 9.17) is 27.6 Å². The van der Waals surface area contributed by atoms with E-state index < -0.39 is 82.4 Å². The summed E-state index contributed by atoms with van der Waals surface area (Å²) in [5.41, 5.74) is -7.34. The van der Waals surface area contributed by atoms with Crippen molar-refractivity contribution in [3.63, 3.8) is 0 Å². The summed E-state index contributed by atoms with van der Waals surface area (Å²) >= 11 is 0. The topological polar surface area (TPSA) is 107 Å². The molecule has 1 aliphatic heterocycles. The molecule has 3 aliphatic carbocycles. The van der Waals surface area contributed by atoms with E-state index >= 15 is 4.79 Å². The van der Waals surface area contributed by atoms with Gasteiger partial charge in [0, 0.05) is 30.9 Å². The van der Waals surface area contributed by atoms with Crippen LogP contribution < -0.4 is 0 Å². The Balaban J connectivity index is 1.82. The molecule has 5 rings (SSSR count). The van der Waals surface area contributed by atoms with Gasteiger partial charge in [-0.2, -0.15) is 21.6 Å². The smallest absolute Gasteiger partial charge is 0.410 e. The van der Waals surface area contributed by atoms with Crippen LogP contribution in [0.4, 0.5) is 13.2 Å². The van der Waals surface area contributed by atoms with Crippen molar-refractivity contribution in [2.24, 2.45) is 16.7 Å². The van der Waals surface area contributed by atoms with Crippen molar-refractivity contribution in [3.8, 4) is 0 Å². The molecular formula is C37H53F3O9SSi. The molecule has 1 saturated heterocycles. The number of carbonyl (C=O) groups is 1. The van der Waals surface area contributed by atoms with Crippen molar-refractivity contribution in [2.45, 2.75) is 141 Å². The molecule has 1 aromatic rings. The van der Waals surface area contributed by atoms with Gasteiger partial charge in [0.2, 0.25) is 0 Å². The van der Waals surface area contributed by atoms with Crippen molar-refractivity contribution in [1.82, 2.24) is 0 Å². The van der Waals surface area contributed by atoms with E-state index in [0.717, 1.165) is 11.1 Å². The first-order valence-electron chi connectivity index (χ1n) is 17.4. The highest BCUT2D eigenvalue weighted by Crippen LogP contribution is 2.66. The number of carbonyl (C=O) groups excluding carboxylic acids is 1. The van der Waals surface area contributed by atoms with Gasteiger partial charge in [-0.25, -0.2) is 0 Å². The Bertz CT molecular complexity index is 1700. The van der Waals surface area contributed by atoms with E-state index in [-0.39, 0.29) is 30.1 Å². The van der Waals surface area contributed by atoms with E-state index in [1.807, 2.05) is 51.1 Å². The van der Waals surface area contributed by atoms with Crippen LogP contribution in [0.15, 0.2) is 53.3 Å². The van der Waals surface area contributed by atoms with Crippen LogP contribution in [-0.4, -0.2) is 64.8 Å². The maximum Gasteiger partial charge on any atom is 0.534 e. The molecule has 1 aromatic carbocycles. The number of benzene rings is 1. The molecule has 2 fully saturated rings. The molecule has 0 amide bonds. The molecule has 4 aliphatic rings. The maximum absolute atomic E-state index is 15.1. The number of ketones is 1. The zero-order valence-electron chi connectivity index (χ0n) is 31.7. The lowest BCUT2D eigenvalue weighted by Crippen LogP contribution is -2.67. The molecule has 2 bridgehead atoms. The third-order valence-corrected chi connectivity index (χ3v) is 17.9. The number of Topliss-reactive ketones (excluding diaryl/α,β-unsaturated/α-hetero) is 1. The summed E-state index contributed by atoms with van der Waals surface area (Å²) in [7, 11) is -7.15. The minimum Gasteiger partial charge on any atom is -0.410 e. The van der Waals surface area contributed by atoms with Crippen LogP contribution in [-0.2, 0) is 42.5 Å². The van der Waals surface area contributed by atoms with Crippen molar-refractivity contribution in [3.05, 3.63) is 58.9 Å². The largest absolute Gasteiger partial charge is 0.534 e. The lowest BCUT2D eigenvalue weighted by Gasteiger charge is -2.59. The molecule has 0 N–H and O–H groups in total. The second-order valence-electron chi connectivity index (χ2n) is 17.1. The molecule has 1 spiro atoms. The summed E-state index contributed by atoms with van der Waals surface area (Å²) in [4.78, 5) is 15.1. The van der Waals surface area contributed by atoms with E-state index in [9.17, 15) is 21.6 Å². The fourth-order valence-electron chi connectivity index (χ4n) is 8.03. The fourth-order valence-corrected chi connectivity index (χ4v) is 9.87. The number of halogens is 3. The fraction of sp³-hybridized carbons (Fsp3) is 0.703. The quantitative estimate of drug-likeness (QED) is 0.0849. The molecule has 286 valence electrons. The SMILES string of the molecule is COC(C)(C)O[C@H]1CC=C(OS(=O)(=O)C(F)(F)F)[C@H]2[C@@H]3O[C@H](c4ccccc4)O[C@]34C[C@H](O[Si](C)(C)C(C)(C)C)C(C)=C(CC(=O)[C@]12C)C4(C)C. The van der Waals surface area contributed by atoms with Crippen LogP contribution in [0.1, 0.15) is 93.4 Å². The van der Waals surface area contributed by atoms with Crippen molar-refractivity contribution in [1.29, 1.82) is 0 Å². The average Bonchev–Trinajstić information content (AvgIpc) is 3.38. The minimum absolute atomic E-state index is 0.108. The molecule has 1 saturated carbocycles. The monoisotopic (exact) mass is 758 g/mol. The van der Waals surface area contributed by atoms with Gasteiger partial charge in [0.15, 0.2) is 20.4 Å². The normalized spacial score (nSPS) is 33.2. The van der Waals surface area contributed by atoms with Crippen LogP contribution in [0.2, 0.25) is 18.1 Å². The Morgan fingerprint density at radius 1 is 1.00 bits per heavy atom. The molecule has 9 nitrogen and oxygen atoms in total. The molecule has 0 unspecified atom stereocenters. The minimum atomic E-state index is -6.15. The second kappa shape index (κ2) is 12.8. The van der Waals surface area contributed by atoms with Gasteiger partial charge in [0.1, 0.15) is 23.2 Å². The third-order valence-electron chi connectivity index (χ3n) is 12.4. The Hall–Kier alpha value is -2.07. The van der Waals surface area contributed by atoms with Gasteiger partial charge in [-0.05, 0) is 63.9 Å². The predicted molar refractivity (Wildman–Crippen MR) is 187 cm³/mol. The number of hydrogen-bond donors (Lipinski definition) is 0. The van der Waals surface area contributed by atoms with Gasteiger partial charge < -0.3 is 27.6 Å². The summed E-state index contributed by atoms with van der Waals surface area (Å²) in [5, 5.41) is -0.171. The Morgan fingerprint density at radius 2 is 1.61 bits per heavy atom. The van der Waals surface area contributed by atoms with Crippen molar-refractivity contribution >= 4 is 24.2 Å². The standard InChI is InChI=1S/C37H53F3O9SSi/c1-22-24-20-27(41)35(9)28(46-34(7,8)44-10)19-18-25(48-50(42,43)37(38,39)40)29(35)30-36(33(24,5)6,21-26(22)49-51(11,12)32(2,3)4)47-31(45-30)23-16-14-13-15-17-23/h13-18,26,28-31H,19-21H2,1-12H3/t26-,28-,29-,30-,31-,35+,36+/m0/s1. The first kappa shape index (κ1) is 40.1. The molecule has 14 heteroatoms. The number of ether oxygens (including phenoxy) is 4. The summed E-state index contributed by atoms with van der Waals surface area (Å²) in [6.07, 6.45) is -2.45. The number of hydrogen-bond acceptors (Lipinski definition) is 9. The van der Waals surface area contributed by atoms with E-state index in [1.165, 1.54) is 13.2 Å². The summed E-state index contributed by atoms with van der Waals surface area (Å²) in [6, 6.07) is 9.12. The van der Waals surface area contributed by atoms with E-state index in [2.05, 4.69) is 33.9 Å². The zero-order valence-corrected chi connectivity index (χ0v) is 33.5. The Morgan fingerprint density at radius 3 is 2.16 bits per heavy atom. The highest BCUT2D eigenvalue weighted by Gasteiger charge is 2.72. The first-order chi connectivity index (χ1) is 23.2. The van der Waals surface area contributed by atoms with E-state index in [0.29, 0.717) is 5.56 Å². The highest BCUT2D eigenvalue weighted by atomic mass is 32.2. The van der Waals surface area contributed by atoms with Crippen LogP contribution in [0.5, 0.6) is 0 Å². The zero-order chi connectivity index (χ0) is 38.4. The Kier molecular flexibility index (Phi) is 10.0. The van der Waals surface area contributed by atoms with Gasteiger partial charge in [0.25, 0.3) is 0 Å². The maximum atomic E-state index is 15.1. The molecule has 0 radical (unpaired) electrons. The number of fused-ring (bicyclic) bond motifs is 3. The number of methoxy groups -OCH3 is 1. The van der Waals surface area contributed by atoms with Gasteiger partial charge in [-0.3, -0.25) is 4.79 Å². The molecule has 7 atom stereocenters. The molecule has 1 heterocycles. The average molecular weight is 759 g/mol. The summed E-state index contributed by atoms with van der Waals surface area (Å²) < 4.78 is 106. The van der Waals surface area contributed by atoms with Crippen LogP contribution >= 0.6 is 0 Å². The Labute approximate surface area is 301 Å². The molecule has 0 aromatic heterocycles. The number of alkyl halides is 3. The van der Waals surface area contributed by atoms with Crippen LogP contribution in [0.25, 0.3) is 0 Å². The van der Waals surface area contributed by atoms with Gasteiger partial charge in [-0.1, -0.05) is 70.5 Å². The van der Waals surface area contributed by atoms with Crippen LogP contribution in [0.3, 0.4) is 0 Å². The van der Waals surface area contributed by atoms with E-state index in [1.54, 1.807) is 20.8 Å². The number of rotatable bonds is 8. The first-order valence-corrected chi connectivity index (χ1v) is 21.7. The highest BCUT2D eigenvalue weighted by molar-refractivity contribution is 7.87. The summed E-state index contributed by atoms with van der Waals surface area (Å²) in [6.45, 7) is 21.5.